The Morgan fingerprint density at radius 2 is 1.06 bits per heavy atom. The van der Waals surface area contributed by atoms with Gasteiger partial charge in [0, 0.05) is 135 Å². The second kappa shape index (κ2) is 50.8. The third-order valence-electron chi connectivity index (χ3n) is 23.3. The Bertz CT molecular complexity index is 5120. The number of aromatic nitrogens is 1. The number of rotatable bonds is 26. The summed E-state index contributed by atoms with van der Waals surface area (Å²) in [6.45, 7) is 6.99. The number of carbonyl (C=O) groups excluding carboxylic acids is 16. The number of nitrogens with zero attached hydrogens (tertiary/aromatic N) is 5. The van der Waals surface area contributed by atoms with Crippen molar-refractivity contribution in [3.8, 4) is 5.75 Å². The van der Waals surface area contributed by atoms with Crippen LogP contribution in [-0.4, -0.2) is 250 Å². The van der Waals surface area contributed by atoms with Gasteiger partial charge in [0.05, 0.1) is 30.8 Å². The molecule has 0 aliphatic carbocycles. The molecule has 12 amide bonds. The standard InChI is InChI=1S/C97H123FN14O18S/c1-11-12-30-81-96(128)108(6)53-71(115)48-68(55-130-58-113)85(117)50-73(60(4)5)93(125)111(9)82(46-61-22-15-13-16-23-61)92(124)106-78(44-63-31-33-65(51-99)34-32-63)94(126)109(7)54-87(119)102-77(49-67-52-101-74-29-20-19-28-72(67)74)91(123)105-76(43-64-35-37-70(114)38-36-64)90(122)104-75(41-59(2)3)89(121)107-80(84(116)39-40-86(100)118)56-131-57-88(120)103-79(45-66-26-21-27-69(98)42-66)95(127)112(10)83(97(129)110(81)8)47-62-24-17-14-18-25-62/h13-29,31-38,42,52,58-60,68,73,75-83,101,114H,11-12,30,39-41,43-51,53-57,99H2,1-10H3,(H2,100,118)(H,102,119)(H,103,120)(H,104,122)(H,105,123)(H,106,124)(H,107,121)/t68-,73-,75-,76-,77-,78-,79-,80-,81-,82-,83-/m0/s1. The molecular weight excluding hydrogens is 1700 g/mol. The number of Topliss-reactive ketones (excluding diaryl/α,β-unsaturated/α-hetero) is 3. The minimum absolute atomic E-state index is 0.0542. The summed E-state index contributed by atoms with van der Waals surface area (Å²) >= 11 is 0.829. The number of carbonyl (C=O) groups is 16. The van der Waals surface area contributed by atoms with Crippen LogP contribution in [0.25, 0.3) is 10.9 Å². The van der Waals surface area contributed by atoms with E-state index in [1.807, 2.05) is 6.92 Å². The lowest BCUT2D eigenvalue weighted by atomic mass is 9.84. The van der Waals surface area contributed by atoms with Crippen molar-refractivity contribution < 1.29 is 90.9 Å². The molecule has 32 nitrogen and oxygen atoms in total. The number of thioether (sulfide) groups is 1. The van der Waals surface area contributed by atoms with Crippen LogP contribution in [0.15, 0.2) is 164 Å². The zero-order chi connectivity index (χ0) is 95.7. The van der Waals surface area contributed by atoms with E-state index < -0.39 is 217 Å². The summed E-state index contributed by atoms with van der Waals surface area (Å²) in [7, 11) is 6.73. The first-order valence-electron chi connectivity index (χ1n) is 44.0. The Balaban J connectivity index is 1.22. The van der Waals surface area contributed by atoms with Crippen molar-refractivity contribution in [2.45, 2.75) is 185 Å². The van der Waals surface area contributed by atoms with Crippen molar-refractivity contribution in [2.24, 2.45) is 35.1 Å². The summed E-state index contributed by atoms with van der Waals surface area (Å²) in [6.07, 6.45) is -0.902. The van der Waals surface area contributed by atoms with Crippen molar-refractivity contribution in [1.29, 1.82) is 0 Å². The van der Waals surface area contributed by atoms with Gasteiger partial charge in [-0.05, 0) is 94.0 Å². The van der Waals surface area contributed by atoms with Crippen molar-refractivity contribution in [2.75, 3.05) is 66.4 Å². The first kappa shape index (κ1) is 103. The number of unbranched alkanes of at least 4 members (excludes halogenated alkanes) is 1. The molecule has 1 aliphatic heterocycles. The van der Waals surface area contributed by atoms with Crippen molar-refractivity contribution >= 4 is 117 Å². The van der Waals surface area contributed by atoms with Gasteiger partial charge in [-0.15, -0.1) is 11.8 Å². The van der Waals surface area contributed by atoms with E-state index in [1.54, 1.807) is 143 Å². The average Bonchev–Trinajstić information content (AvgIpc) is 1.67. The quantitative estimate of drug-likeness (QED) is 0.0306. The fourth-order valence-corrected chi connectivity index (χ4v) is 16.7. The first-order valence-corrected chi connectivity index (χ1v) is 45.1. The summed E-state index contributed by atoms with van der Waals surface area (Å²) in [4.78, 5) is 244. The van der Waals surface area contributed by atoms with Gasteiger partial charge < -0.3 is 82.7 Å². The lowest BCUT2D eigenvalue weighted by molar-refractivity contribution is -0.151. The number of phenolic OH excluding ortho intramolecular Hbond substituents is 1. The summed E-state index contributed by atoms with van der Waals surface area (Å²) < 4.78 is 20.3. The van der Waals surface area contributed by atoms with Crippen LogP contribution in [-0.2, 0) is 127 Å². The number of nitrogens with two attached hydrogens (primary N) is 2. The number of hydrogen-bond donors (Lipinski definition) is 10. The maximum absolute atomic E-state index is 15.6. The van der Waals surface area contributed by atoms with Crippen molar-refractivity contribution in [3.63, 3.8) is 0 Å². The number of fused-ring (bicyclic) bond motifs is 1. The molecule has 6 aromatic carbocycles. The van der Waals surface area contributed by atoms with Crippen LogP contribution in [0.3, 0.4) is 0 Å². The predicted molar refractivity (Wildman–Crippen MR) is 492 cm³/mol. The molecule has 34 heteroatoms. The average molecular weight is 1820 g/mol. The second-order valence-electron chi connectivity index (χ2n) is 34.3. The van der Waals surface area contributed by atoms with E-state index >= 15 is 47.5 Å². The van der Waals surface area contributed by atoms with Crippen LogP contribution < -0.4 is 43.4 Å². The molecule has 0 radical (unpaired) electrons. The molecule has 0 spiro atoms. The Morgan fingerprint density at radius 1 is 0.534 bits per heavy atom. The smallest absolute Gasteiger partial charge is 0.293 e. The number of primary amides is 1. The molecule has 131 heavy (non-hydrogen) atoms. The van der Waals surface area contributed by atoms with Crippen LogP contribution in [0.2, 0.25) is 0 Å². The number of nitrogens with one attached hydrogen (secondary N) is 7. The highest BCUT2D eigenvalue weighted by atomic mass is 32.2. The number of aromatic amines is 1. The summed E-state index contributed by atoms with van der Waals surface area (Å²) in [5.74, 6) is -17.3. The number of phenols is 1. The largest absolute Gasteiger partial charge is 0.508 e. The van der Waals surface area contributed by atoms with Gasteiger partial charge in [-0.1, -0.05) is 175 Å². The summed E-state index contributed by atoms with van der Waals surface area (Å²) in [5, 5.41) is 27.8. The van der Waals surface area contributed by atoms with E-state index in [0.717, 1.165) is 38.1 Å². The molecule has 8 rings (SSSR count). The second-order valence-corrected chi connectivity index (χ2v) is 35.3. The zero-order valence-electron chi connectivity index (χ0n) is 75.9. The molecule has 1 fully saturated rings. The van der Waals surface area contributed by atoms with Gasteiger partial charge in [0.1, 0.15) is 72.3 Å². The Labute approximate surface area is 767 Å². The molecule has 2 heterocycles. The Hall–Kier alpha value is -13.0. The monoisotopic (exact) mass is 1820 g/mol. The van der Waals surface area contributed by atoms with Crippen LogP contribution in [0, 0.1) is 29.5 Å². The number of ketones is 3. The fourth-order valence-electron chi connectivity index (χ4n) is 15.8. The van der Waals surface area contributed by atoms with E-state index in [-0.39, 0.29) is 87.4 Å². The van der Waals surface area contributed by atoms with Gasteiger partial charge in [0.15, 0.2) is 11.6 Å². The number of ether oxygens (including phenoxy) is 1. The van der Waals surface area contributed by atoms with Gasteiger partial charge in [0.25, 0.3) is 6.47 Å². The van der Waals surface area contributed by atoms with E-state index in [4.69, 9.17) is 16.2 Å². The van der Waals surface area contributed by atoms with E-state index in [2.05, 4.69) is 36.9 Å². The third kappa shape index (κ3) is 31.4. The highest BCUT2D eigenvalue weighted by Crippen LogP contribution is 2.28. The first-order chi connectivity index (χ1) is 62.4. The molecule has 0 saturated carbocycles. The van der Waals surface area contributed by atoms with Gasteiger partial charge >= 0.3 is 0 Å². The van der Waals surface area contributed by atoms with E-state index in [1.165, 1.54) is 87.5 Å². The molecule has 702 valence electrons. The number of aromatic hydroxyl groups is 1. The summed E-state index contributed by atoms with van der Waals surface area (Å²) in [6, 6.07) is 29.0. The Morgan fingerprint density at radius 3 is 1.67 bits per heavy atom. The molecular formula is C97H123FN14O18S. The lowest BCUT2D eigenvalue weighted by Gasteiger charge is -2.37. The minimum Gasteiger partial charge on any atom is -0.508 e. The highest BCUT2D eigenvalue weighted by Gasteiger charge is 2.42. The molecule has 1 aliphatic rings. The lowest BCUT2D eigenvalue weighted by Crippen LogP contribution is -2.59. The molecule has 11 atom stereocenters. The van der Waals surface area contributed by atoms with Crippen molar-refractivity contribution in [3.05, 3.63) is 209 Å². The molecule has 0 bridgehead atoms. The Kier molecular flexibility index (Phi) is 40.1. The van der Waals surface area contributed by atoms with Gasteiger partial charge in [-0.3, -0.25) is 76.7 Å². The molecule has 1 saturated heterocycles. The molecule has 7 aromatic rings. The van der Waals surface area contributed by atoms with Gasteiger partial charge in [-0.25, -0.2) is 4.39 Å². The van der Waals surface area contributed by atoms with E-state index in [0.29, 0.717) is 51.6 Å². The van der Waals surface area contributed by atoms with Gasteiger partial charge in [-0.2, -0.15) is 0 Å². The highest BCUT2D eigenvalue weighted by molar-refractivity contribution is 8.00. The maximum atomic E-state index is 15.6. The number of hydrogen-bond acceptors (Lipinski definition) is 20. The molecule has 1 aromatic heterocycles. The zero-order valence-corrected chi connectivity index (χ0v) is 76.7. The van der Waals surface area contributed by atoms with Crippen molar-refractivity contribution in [1.82, 2.24) is 61.4 Å². The minimum atomic E-state index is -1.59. The summed E-state index contributed by atoms with van der Waals surface area (Å²) in [5.41, 5.74) is 15.8. The maximum Gasteiger partial charge on any atom is 0.293 e. The topological polar surface area (TPSA) is 459 Å². The van der Waals surface area contributed by atoms with Crippen LogP contribution in [0.4, 0.5) is 4.39 Å². The van der Waals surface area contributed by atoms with Crippen LogP contribution in [0.5, 0.6) is 5.75 Å². The third-order valence-corrected chi connectivity index (χ3v) is 24.3. The normalized spacial score (nSPS) is 21.9. The predicted octanol–water partition coefficient (Wildman–Crippen LogP) is 5.33. The van der Waals surface area contributed by atoms with Gasteiger partial charge in [0.2, 0.25) is 70.9 Å². The van der Waals surface area contributed by atoms with E-state index in [9.17, 15) is 38.7 Å². The number of para-hydroxylation sites is 1. The van der Waals surface area contributed by atoms with Crippen LogP contribution in [0.1, 0.15) is 125 Å². The SMILES string of the molecule is CCCC[C@H]1C(=O)N(C)CC(=O)C[C@@H](COC=O)C(=O)C[C@@H](C(C)C)C(=O)N(C)[C@@H](Cc2ccccc2)C(=O)N[C@@H](Cc2ccc(CN)cc2)C(=O)N(C)CC(=O)N[C@@H](Cc2c[nH]c3ccccc23)C(=O)N[C@@H](Cc2ccc(O)cc2)C(=O)N[C@@H](CC(C)C)C(=O)N[C@H](C(=O)CCC(N)=O)CSCC(=O)N[C@@H](Cc2cccc(F)c2)C(=O)N(C)[C@@H](Cc2ccccc2)C(=O)N1C. The number of amides is 12. The number of likely N-dealkylation sites (N-methyl/N-ethyl adjacent to an activating group) is 5. The molecule has 0 unspecified atom stereocenters. The number of benzene rings is 6. The fraction of sp³-hybridized carbons (Fsp3) is 0.443. The number of H-pyrrole nitrogens is 1. The molecule has 12 N–H and O–H groups in total. The van der Waals surface area contributed by atoms with Crippen LogP contribution >= 0.6 is 11.8 Å². The number of halogens is 1.